The number of carbonyl (C=O) groups excluding carboxylic acids is 3. The number of carbonyl (C=O) groups is 3. The number of hydrogen-bond donors (Lipinski definition) is 2. The number of esters is 1. The van der Waals surface area contributed by atoms with E-state index >= 15 is 0 Å². The Hall–Kier alpha value is -4.17. The minimum atomic E-state index is -0.525. The second kappa shape index (κ2) is 11.6. The summed E-state index contributed by atoms with van der Waals surface area (Å²) in [7, 11) is 3.00. The lowest BCUT2D eigenvalue weighted by molar-refractivity contribution is -0.116. The van der Waals surface area contributed by atoms with Crippen LogP contribution in [-0.2, 0) is 27.2 Å². The Bertz CT molecular complexity index is 1620. The van der Waals surface area contributed by atoms with Crippen LogP contribution in [-0.4, -0.2) is 31.9 Å². The van der Waals surface area contributed by atoms with Crippen LogP contribution in [0.4, 0.5) is 5.00 Å². The normalized spacial score (nSPS) is 19.9. The van der Waals surface area contributed by atoms with E-state index in [0.29, 0.717) is 40.2 Å². The summed E-state index contributed by atoms with van der Waals surface area (Å²) in [6, 6.07) is 17.6. The van der Waals surface area contributed by atoms with Gasteiger partial charge in [-0.1, -0.05) is 42.5 Å². The molecule has 2 atom stereocenters. The number of anilines is 1. The Balaban J connectivity index is 1.37. The van der Waals surface area contributed by atoms with E-state index < -0.39 is 11.9 Å². The standard InChI is InChI=1S/C34H34N2O5S/c1-19-28(32(38)36-33-30(34(39)41-3)24-11-7-8-12-27(24)42-33)29(21-9-5-4-6-10-21)31-25(35-19)17-22(18-26(31)37)20-13-15-23(40-2)16-14-20/h4-6,9-10,13-16,22,29,35H,7-8,11-12,17-18H2,1-3H3,(H,36,38). The van der Waals surface area contributed by atoms with Gasteiger partial charge < -0.3 is 20.1 Å². The van der Waals surface area contributed by atoms with Gasteiger partial charge in [-0.3, -0.25) is 9.59 Å². The number of benzene rings is 2. The van der Waals surface area contributed by atoms with Crippen molar-refractivity contribution in [1.29, 1.82) is 0 Å². The molecule has 1 amide bonds. The van der Waals surface area contributed by atoms with Gasteiger partial charge in [0.2, 0.25) is 0 Å². The van der Waals surface area contributed by atoms with Crippen molar-refractivity contribution in [2.24, 2.45) is 0 Å². The third kappa shape index (κ3) is 5.04. The first-order valence-electron chi connectivity index (χ1n) is 14.4. The van der Waals surface area contributed by atoms with Crippen LogP contribution in [0.5, 0.6) is 5.75 Å². The van der Waals surface area contributed by atoms with Crippen LogP contribution < -0.4 is 15.4 Å². The van der Waals surface area contributed by atoms with Gasteiger partial charge in [-0.05, 0) is 73.8 Å². The van der Waals surface area contributed by atoms with Crippen LogP contribution >= 0.6 is 11.3 Å². The van der Waals surface area contributed by atoms with Crippen LogP contribution in [0, 0.1) is 0 Å². The minimum Gasteiger partial charge on any atom is -0.497 e. The van der Waals surface area contributed by atoms with Gasteiger partial charge in [0, 0.05) is 39.8 Å². The van der Waals surface area contributed by atoms with Gasteiger partial charge in [-0.2, -0.15) is 0 Å². The number of ketones is 1. The fourth-order valence-corrected chi connectivity index (χ4v) is 7.85. The number of ether oxygens (including phenoxy) is 2. The second-order valence-electron chi connectivity index (χ2n) is 11.1. The first kappa shape index (κ1) is 28.0. The molecule has 0 fully saturated rings. The second-order valence-corrected chi connectivity index (χ2v) is 12.2. The maximum atomic E-state index is 14.2. The van der Waals surface area contributed by atoms with Crippen molar-refractivity contribution in [3.8, 4) is 5.75 Å². The van der Waals surface area contributed by atoms with Gasteiger partial charge in [0.15, 0.2) is 5.78 Å². The molecule has 2 N–H and O–H groups in total. The van der Waals surface area contributed by atoms with E-state index in [1.165, 1.54) is 18.4 Å². The first-order valence-corrected chi connectivity index (χ1v) is 15.2. The number of Topliss-reactive ketones (excluding diaryl/α,β-unsaturated/α-hetero) is 1. The van der Waals surface area contributed by atoms with Crippen LogP contribution in [0.15, 0.2) is 77.1 Å². The van der Waals surface area contributed by atoms with Gasteiger partial charge in [-0.25, -0.2) is 4.79 Å². The molecule has 2 aliphatic carbocycles. The Labute approximate surface area is 249 Å². The average molecular weight is 583 g/mol. The zero-order valence-electron chi connectivity index (χ0n) is 24.0. The van der Waals surface area contributed by atoms with E-state index in [-0.39, 0.29) is 17.6 Å². The number of fused-ring (bicyclic) bond motifs is 1. The number of rotatable bonds is 6. The maximum absolute atomic E-state index is 14.2. The molecule has 7 nitrogen and oxygen atoms in total. The Morgan fingerprint density at radius 2 is 1.69 bits per heavy atom. The smallest absolute Gasteiger partial charge is 0.341 e. The van der Waals surface area contributed by atoms with E-state index in [9.17, 15) is 14.4 Å². The quantitative estimate of drug-likeness (QED) is 0.326. The molecule has 42 heavy (non-hydrogen) atoms. The van der Waals surface area contributed by atoms with Crippen molar-refractivity contribution in [2.45, 2.75) is 57.3 Å². The van der Waals surface area contributed by atoms with Crippen molar-refractivity contribution in [1.82, 2.24) is 5.32 Å². The van der Waals surface area contributed by atoms with Crippen molar-refractivity contribution in [3.63, 3.8) is 0 Å². The number of dihydropyridines is 1. The van der Waals surface area contributed by atoms with Crippen LogP contribution in [0.25, 0.3) is 0 Å². The van der Waals surface area contributed by atoms with Crippen molar-refractivity contribution in [3.05, 3.63) is 104 Å². The molecule has 3 aromatic rings. The van der Waals surface area contributed by atoms with Crippen molar-refractivity contribution < 1.29 is 23.9 Å². The predicted molar refractivity (Wildman–Crippen MR) is 163 cm³/mol. The minimum absolute atomic E-state index is 0.0225. The summed E-state index contributed by atoms with van der Waals surface area (Å²) in [4.78, 5) is 42.1. The largest absolute Gasteiger partial charge is 0.497 e. The summed E-state index contributed by atoms with van der Waals surface area (Å²) < 4.78 is 10.4. The summed E-state index contributed by atoms with van der Waals surface area (Å²) in [5, 5.41) is 7.04. The number of methoxy groups -OCH3 is 2. The topological polar surface area (TPSA) is 93.7 Å². The first-order chi connectivity index (χ1) is 20.4. The lowest BCUT2D eigenvalue weighted by Crippen LogP contribution is -2.37. The third-order valence-electron chi connectivity index (χ3n) is 8.58. The Morgan fingerprint density at radius 1 is 0.952 bits per heavy atom. The Morgan fingerprint density at radius 3 is 2.40 bits per heavy atom. The van der Waals surface area contributed by atoms with E-state index in [2.05, 4.69) is 10.6 Å². The monoisotopic (exact) mass is 582 g/mol. The number of thiophene rings is 1. The molecule has 2 unspecified atom stereocenters. The highest BCUT2D eigenvalue weighted by atomic mass is 32.1. The van der Waals surface area contributed by atoms with E-state index in [4.69, 9.17) is 9.47 Å². The van der Waals surface area contributed by atoms with Crippen LogP contribution in [0.2, 0.25) is 0 Å². The van der Waals surface area contributed by atoms with Crippen LogP contribution in [0.1, 0.15) is 76.4 Å². The number of nitrogens with one attached hydrogen (secondary N) is 2. The molecule has 2 aromatic carbocycles. The zero-order chi connectivity index (χ0) is 29.4. The summed E-state index contributed by atoms with van der Waals surface area (Å²) in [5.74, 6) is -0.463. The highest BCUT2D eigenvalue weighted by Crippen LogP contribution is 2.46. The zero-order valence-corrected chi connectivity index (χ0v) is 24.9. The van der Waals surface area contributed by atoms with E-state index in [0.717, 1.165) is 58.7 Å². The van der Waals surface area contributed by atoms with Gasteiger partial charge >= 0.3 is 5.97 Å². The molecule has 1 aliphatic heterocycles. The molecule has 1 aromatic heterocycles. The highest BCUT2D eigenvalue weighted by Gasteiger charge is 2.41. The molecule has 2 heterocycles. The predicted octanol–water partition coefficient (Wildman–Crippen LogP) is 6.42. The lowest BCUT2D eigenvalue weighted by Gasteiger charge is -2.37. The number of hydrogen-bond acceptors (Lipinski definition) is 7. The highest BCUT2D eigenvalue weighted by molar-refractivity contribution is 7.17. The van der Waals surface area contributed by atoms with Gasteiger partial charge in [-0.15, -0.1) is 11.3 Å². The molecule has 216 valence electrons. The molecule has 3 aliphatic rings. The fourth-order valence-electron chi connectivity index (χ4n) is 6.57. The maximum Gasteiger partial charge on any atom is 0.341 e. The SMILES string of the molecule is COC(=O)c1c(NC(=O)C2=C(C)NC3=C(C(=O)CC(c4ccc(OC)cc4)C3)C2c2ccccc2)sc2c1CCCC2. The molecular weight excluding hydrogens is 548 g/mol. The van der Waals surface area contributed by atoms with E-state index in [1.807, 2.05) is 61.5 Å². The molecule has 6 rings (SSSR count). The number of aryl methyl sites for hydroxylation is 1. The van der Waals surface area contributed by atoms with Crippen molar-refractivity contribution >= 4 is 34.0 Å². The third-order valence-corrected chi connectivity index (χ3v) is 9.79. The molecule has 8 heteroatoms. The van der Waals surface area contributed by atoms with Gasteiger partial charge in [0.1, 0.15) is 10.8 Å². The van der Waals surface area contributed by atoms with Crippen molar-refractivity contribution in [2.75, 3.05) is 19.5 Å². The molecule has 0 radical (unpaired) electrons. The Kier molecular flexibility index (Phi) is 7.73. The molecular formula is C34H34N2O5S. The van der Waals surface area contributed by atoms with Crippen LogP contribution in [0.3, 0.4) is 0 Å². The summed E-state index contributed by atoms with van der Waals surface area (Å²) in [6.45, 7) is 1.89. The molecule has 0 saturated heterocycles. The molecule has 0 bridgehead atoms. The summed E-state index contributed by atoms with van der Waals surface area (Å²) >= 11 is 1.46. The lowest BCUT2D eigenvalue weighted by atomic mass is 9.71. The molecule has 0 spiro atoms. The summed E-state index contributed by atoms with van der Waals surface area (Å²) in [5.41, 5.74) is 6.08. The average Bonchev–Trinajstić information content (AvgIpc) is 3.38. The fraction of sp³-hybridized carbons (Fsp3) is 0.324. The number of allylic oxidation sites excluding steroid dienone is 3. The molecule has 0 saturated carbocycles. The van der Waals surface area contributed by atoms with E-state index in [1.54, 1.807) is 7.11 Å². The summed E-state index contributed by atoms with van der Waals surface area (Å²) in [6.07, 6.45) is 4.75. The van der Waals surface area contributed by atoms with Gasteiger partial charge in [0.05, 0.1) is 19.8 Å². The number of amides is 1. The van der Waals surface area contributed by atoms with Gasteiger partial charge in [0.25, 0.3) is 5.91 Å².